The third-order valence-corrected chi connectivity index (χ3v) is 9.95. The Morgan fingerprint density at radius 1 is 0.636 bits per heavy atom. The molecule has 66 heavy (non-hydrogen) atoms. The van der Waals surface area contributed by atoms with Crippen molar-refractivity contribution in [1.82, 2.24) is 14.6 Å². The molecule has 0 bridgehead atoms. The lowest BCUT2D eigenvalue weighted by Crippen LogP contribution is -2.14. The number of hydrogen-bond acceptors (Lipinski definition) is 7. The molecule has 7 rings (SSSR count). The number of aryl methyl sites for hydroxylation is 1. The summed E-state index contributed by atoms with van der Waals surface area (Å²) in [5.74, 6) is -4.77. The summed E-state index contributed by atoms with van der Waals surface area (Å²) in [6.07, 6.45) is -12.7. The van der Waals surface area contributed by atoms with Crippen LogP contribution in [-0.4, -0.2) is 37.5 Å². The van der Waals surface area contributed by atoms with Gasteiger partial charge in [0.1, 0.15) is 10.6 Å². The Labute approximate surface area is 374 Å². The molecule has 3 N–H and O–H groups in total. The number of carbonyl (C=O) groups is 3. The Balaban J connectivity index is 0.000000208. The van der Waals surface area contributed by atoms with E-state index in [9.17, 15) is 62.7 Å². The van der Waals surface area contributed by atoms with Gasteiger partial charge in [-0.1, -0.05) is 52.5 Å². The van der Waals surface area contributed by atoms with Gasteiger partial charge in [-0.25, -0.2) is 18.6 Å². The van der Waals surface area contributed by atoms with Crippen LogP contribution < -0.4 is 10.6 Å². The highest BCUT2D eigenvalue weighted by molar-refractivity contribution is 7.08. The van der Waals surface area contributed by atoms with Crippen LogP contribution in [0.5, 0.6) is 0 Å². The number of amides is 2. The molecular formula is C44H27ClF11N5O4S. The topological polar surface area (TPSA) is 134 Å². The molecule has 0 aliphatic heterocycles. The van der Waals surface area contributed by atoms with Crippen LogP contribution in [0.15, 0.2) is 128 Å². The first kappa shape index (κ1) is 49.8. The summed E-state index contributed by atoms with van der Waals surface area (Å²) in [6.45, 7) is 1.59. The quantitative estimate of drug-likeness (QED) is 0.135. The van der Waals surface area contributed by atoms with Gasteiger partial charge in [0.2, 0.25) is 0 Å². The molecule has 0 aliphatic carbocycles. The van der Waals surface area contributed by atoms with Crippen molar-refractivity contribution < 1.29 is 67.8 Å². The van der Waals surface area contributed by atoms with E-state index in [0.717, 1.165) is 41.9 Å². The number of nitrogens with zero attached hydrogens (tertiary/aromatic N) is 3. The Bertz CT molecular complexity index is 2840. The number of benzene rings is 5. The summed E-state index contributed by atoms with van der Waals surface area (Å²) in [5.41, 5.74) is -2.79. The molecular weight excluding hydrogens is 939 g/mol. The van der Waals surface area contributed by atoms with E-state index in [0.29, 0.717) is 29.5 Å². The maximum absolute atomic E-state index is 13.7. The van der Waals surface area contributed by atoms with Gasteiger partial charge in [-0.15, -0.1) is 5.10 Å². The third-order valence-electron chi connectivity index (χ3n) is 8.79. The molecule has 2 amide bonds. The van der Waals surface area contributed by atoms with Crippen molar-refractivity contribution in [3.05, 3.63) is 183 Å². The molecule has 0 fully saturated rings. The van der Waals surface area contributed by atoms with Crippen LogP contribution in [0.25, 0.3) is 22.3 Å². The van der Waals surface area contributed by atoms with Gasteiger partial charge in [0.15, 0.2) is 11.6 Å². The first-order valence-corrected chi connectivity index (χ1v) is 19.4. The number of carbonyl (C=O) groups excluding carboxylic acids is 2. The standard InChI is InChI=1S/C20H11ClF5NO.C18H11F6N3OS.C6H5NO2/c21-16-9-6-12(20(24,25)26)10-15(16)11-4-7-13(8-5-11)27-19(28)14-2-1-3-17(22)18(14)23;1-9-15(29-27-26-9)16(28)25-12-5-2-10(3-6-12)13-8-11(17(19,20)21)4-7-14(13)18(22,23)24;8-6(9)5-3-1-2-4-7-5/h1-10H,(H,27,28);2-8H,1H3,(H,25,28);1-4H,(H,8,9). The van der Waals surface area contributed by atoms with Crippen LogP contribution in [-0.2, 0) is 18.5 Å². The van der Waals surface area contributed by atoms with Crippen LogP contribution in [0.2, 0.25) is 5.02 Å². The highest BCUT2D eigenvalue weighted by Gasteiger charge is 2.37. The molecule has 9 nitrogen and oxygen atoms in total. The number of pyridine rings is 1. The van der Waals surface area contributed by atoms with Crippen LogP contribution in [0.3, 0.4) is 0 Å². The van der Waals surface area contributed by atoms with Crippen LogP contribution >= 0.6 is 23.1 Å². The minimum Gasteiger partial charge on any atom is -0.477 e. The van der Waals surface area contributed by atoms with Gasteiger partial charge >= 0.3 is 24.5 Å². The summed E-state index contributed by atoms with van der Waals surface area (Å²) in [4.78, 5) is 38.2. The van der Waals surface area contributed by atoms with Crippen molar-refractivity contribution in [2.24, 2.45) is 0 Å². The monoisotopic (exact) mass is 965 g/mol. The fourth-order valence-electron chi connectivity index (χ4n) is 5.59. The van der Waals surface area contributed by atoms with Gasteiger partial charge in [-0.2, -0.15) is 39.5 Å². The van der Waals surface area contributed by atoms with Gasteiger partial charge in [0.05, 0.1) is 27.9 Å². The van der Waals surface area contributed by atoms with Gasteiger partial charge in [0, 0.05) is 28.2 Å². The van der Waals surface area contributed by atoms with E-state index in [-0.39, 0.29) is 38.1 Å². The highest BCUT2D eigenvalue weighted by atomic mass is 35.5. The van der Waals surface area contributed by atoms with Crippen molar-refractivity contribution in [3.63, 3.8) is 0 Å². The molecule has 22 heteroatoms. The van der Waals surface area contributed by atoms with Crippen LogP contribution in [0, 0.1) is 18.6 Å². The largest absolute Gasteiger partial charge is 0.477 e. The molecule has 0 saturated heterocycles. The minimum absolute atomic E-state index is 0.0722. The lowest BCUT2D eigenvalue weighted by atomic mass is 9.96. The zero-order valence-electron chi connectivity index (χ0n) is 33.1. The maximum Gasteiger partial charge on any atom is 0.417 e. The summed E-state index contributed by atoms with van der Waals surface area (Å²) < 4.78 is 148. The minimum atomic E-state index is -4.83. The van der Waals surface area contributed by atoms with Crippen LogP contribution in [0.4, 0.5) is 59.7 Å². The van der Waals surface area contributed by atoms with Gasteiger partial charge in [-0.05, 0) is 120 Å². The van der Waals surface area contributed by atoms with Crippen LogP contribution in [0.1, 0.15) is 52.9 Å². The predicted octanol–water partition coefficient (Wildman–Crippen LogP) is 13.1. The number of alkyl halides is 9. The summed E-state index contributed by atoms with van der Waals surface area (Å²) in [5, 5.41) is 17.1. The third kappa shape index (κ3) is 12.9. The molecule has 0 atom stereocenters. The average Bonchev–Trinajstić information content (AvgIpc) is 3.70. The van der Waals surface area contributed by atoms with E-state index < -0.39 is 75.8 Å². The SMILES string of the molecule is Cc1nnsc1C(=O)Nc1ccc(-c2cc(C(F)(F)F)ccc2C(F)(F)F)cc1.O=C(Nc1ccc(-c2cc(C(F)(F)F)ccc2Cl)cc1)c1cccc(F)c1F.O=C(O)c1ccccn1. The zero-order valence-corrected chi connectivity index (χ0v) is 34.7. The molecule has 7 aromatic rings. The second-order valence-corrected chi connectivity index (χ2v) is 14.5. The van der Waals surface area contributed by atoms with E-state index in [1.54, 1.807) is 19.1 Å². The Morgan fingerprint density at radius 3 is 1.67 bits per heavy atom. The smallest absolute Gasteiger partial charge is 0.417 e. The second kappa shape index (κ2) is 20.7. The van der Waals surface area contributed by atoms with Crippen molar-refractivity contribution in [2.45, 2.75) is 25.5 Å². The Hall–Kier alpha value is -7.26. The molecule has 0 spiro atoms. The van der Waals surface area contributed by atoms with E-state index >= 15 is 0 Å². The lowest BCUT2D eigenvalue weighted by molar-refractivity contribution is -0.141. The first-order valence-electron chi connectivity index (χ1n) is 18.3. The molecule has 2 aromatic heterocycles. The van der Waals surface area contributed by atoms with Gasteiger partial charge in [0.25, 0.3) is 11.8 Å². The maximum atomic E-state index is 13.7. The summed E-state index contributed by atoms with van der Waals surface area (Å²) >= 11 is 6.88. The van der Waals surface area contributed by atoms with Gasteiger partial charge < -0.3 is 15.7 Å². The number of anilines is 2. The molecule has 342 valence electrons. The molecule has 0 saturated carbocycles. The average molecular weight is 966 g/mol. The molecule has 5 aromatic carbocycles. The summed E-state index contributed by atoms with van der Waals surface area (Å²) in [6, 6.07) is 23.0. The van der Waals surface area contributed by atoms with Crippen molar-refractivity contribution in [2.75, 3.05) is 10.6 Å². The fraction of sp³-hybridized carbons (Fsp3) is 0.0909. The van der Waals surface area contributed by atoms with Crippen molar-refractivity contribution >= 4 is 52.3 Å². The fourth-order valence-corrected chi connectivity index (χ4v) is 6.37. The Kier molecular flexibility index (Phi) is 15.6. The zero-order chi connectivity index (χ0) is 48.6. The number of halogens is 12. The number of carboxylic acid groups (broad SMARTS) is 1. The number of rotatable bonds is 7. The summed E-state index contributed by atoms with van der Waals surface area (Å²) in [7, 11) is 0. The van der Waals surface area contributed by atoms with Crippen molar-refractivity contribution in [1.29, 1.82) is 0 Å². The number of nitrogens with one attached hydrogen (secondary N) is 2. The predicted molar refractivity (Wildman–Crippen MR) is 222 cm³/mol. The first-order chi connectivity index (χ1) is 30.9. The number of aromatic carboxylic acids is 1. The second-order valence-electron chi connectivity index (χ2n) is 13.3. The Morgan fingerprint density at radius 2 is 1.18 bits per heavy atom. The molecule has 0 aliphatic rings. The molecule has 0 radical (unpaired) electrons. The van der Waals surface area contributed by atoms with E-state index in [1.807, 2.05) is 0 Å². The lowest BCUT2D eigenvalue weighted by Gasteiger charge is -2.16. The molecule has 2 heterocycles. The normalized spacial score (nSPS) is 11.3. The van der Waals surface area contributed by atoms with Gasteiger partial charge in [-0.3, -0.25) is 9.59 Å². The van der Waals surface area contributed by atoms with Crippen molar-refractivity contribution in [3.8, 4) is 22.3 Å². The highest BCUT2D eigenvalue weighted by Crippen LogP contribution is 2.41. The van der Waals surface area contributed by atoms with E-state index in [4.69, 9.17) is 16.7 Å². The number of hydrogen-bond donors (Lipinski definition) is 3. The van der Waals surface area contributed by atoms with E-state index in [1.165, 1.54) is 66.9 Å². The van der Waals surface area contributed by atoms with E-state index in [2.05, 4.69) is 25.2 Å². The number of aromatic nitrogens is 3. The molecule has 0 unspecified atom stereocenters. The number of carboxylic acids is 1.